The van der Waals surface area contributed by atoms with Crippen molar-refractivity contribution in [3.8, 4) is 0 Å². The van der Waals surface area contributed by atoms with Crippen LogP contribution in [0.4, 0.5) is 0 Å². The van der Waals surface area contributed by atoms with Crippen molar-refractivity contribution < 1.29 is 8.42 Å². The molecule has 114 valence electrons. The summed E-state index contributed by atoms with van der Waals surface area (Å²) in [6, 6.07) is 7.61. The van der Waals surface area contributed by atoms with Crippen LogP contribution >= 0.6 is 0 Å². The summed E-state index contributed by atoms with van der Waals surface area (Å²) < 4.78 is 23.2. The van der Waals surface area contributed by atoms with Gasteiger partial charge in [-0.1, -0.05) is 12.1 Å². The fourth-order valence-corrected chi connectivity index (χ4v) is 6.36. The molecule has 4 aliphatic rings. The number of nitrogens with two attached hydrogens (primary N) is 1. The van der Waals surface area contributed by atoms with E-state index in [1.807, 2.05) is 12.1 Å². The Morgan fingerprint density at radius 3 is 2.10 bits per heavy atom. The molecule has 2 unspecified atom stereocenters. The number of benzene rings is 1. The van der Waals surface area contributed by atoms with Crippen LogP contribution in [0, 0.1) is 11.8 Å². The van der Waals surface area contributed by atoms with Crippen LogP contribution < -0.4 is 5.73 Å². The average molecular weight is 305 g/mol. The lowest BCUT2D eigenvalue weighted by molar-refractivity contribution is -0.0227. The summed E-state index contributed by atoms with van der Waals surface area (Å²) in [5.41, 5.74) is 8.18. The van der Waals surface area contributed by atoms with Crippen LogP contribution in [0.3, 0.4) is 0 Å². The SMILES string of the molecule is CS(=O)(=O)c1ccc(C23CC4CC(CC(N)(C4)C2)C3)cc1. The van der Waals surface area contributed by atoms with Crippen molar-refractivity contribution in [3.05, 3.63) is 29.8 Å². The van der Waals surface area contributed by atoms with Gasteiger partial charge in [0.05, 0.1) is 4.90 Å². The molecule has 4 saturated carbocycles. The van der Waals surface area contributed by atoms with Gasteiger partial charge in [-0.3, -0.25) is 0 Å². The Morgan fingerprint density at radius 1 is 1.05 bits per heavy atom. The first kappa shape index (κ1) is 13.8. The first-order chi connectivity index (χ1) is 9.78. The Labute approximate surface area is 126 Å². The molecule has 0 saturated heterocycles. The standard InChI is InChI=1S/C17H23NO2S/c1-21(19,20)15-4-2-14(3-5-15)16-7-12-6-13(8-16)10-17(18,9-12)11-16/h2-5,12-13H,6-11,18H2,1H3. The van der Waals surface area contributed by atoms with Crippen molar-refractivity contribution in [2.45, 2.75) is 54.4 Å². The average Bonchev–Trinajstić information content (AvgIpc) is 2.35. The maximum absolute atomic E-state index is 11.6. The molecule has 4 heteroatoms. The molecule has 0 aliphatic heterocycles. The Hall–Kier alpha value is -0.870. The van der Waals surface area contributed by atoms with Crippen LogP contribution in [0.25, 0.3) is 0 Å². The molecule has 0 spiro atoms. The minimum absolute atomic E-state index is 0.0274. The number of rotatable bonds is 2. The first-order valence-electron chi connectivity index (χ1n) is 7.88. The largest absolute Gasteiger partial charge is 0.325 e. The lowest BCUT2D eigenvalue weighted by Crippen LogP contribution is -2.61. The lowest BCUT2D eigenvalue weighted by Gasteiger charge is -2.61. The lowest BCUT2D eigenvalue weighted by atomic mass is 9.45. The first-order valence-corrected chi connectivity index (χ1v) is 9.77. The predicted molar refractivity (Wildman–Crippen MR) is 82.8 cm³/mol. The van der Waals surface area contributed by atoms with Crippen molar-refractivity contribution in [2.24, 2.45) is 17.6 Å². The Balaban J connectivity index is 1.73. The fourth-order valence-electron chi connectivity index (χ4n) is 5.73. The molecule has 4 aliphatic carbocycles. The second kappa shape index (κ2) is 4.11. The molecule has 1 aromatic carbocycles. The molecular formula is C17H23NO2S. The van der Waals surface area contributed by atoms with E-state index >= 15 is 0 Å². The van der Waals surface area contributed by atoms with E-state index in [9.17, 15) is 8.42 Å². The summed E-state index contributed by atoms with van der Waals surface area (Å²) in [5.74, 6) is 1.54. The van der Waals surface area contributed by atoms with Gasteiger partial charge in [-0.25, -0.2) is 8.42 Å². The highest BCUT2D eigenvalue weighted by atomic mass is 32.2. The number of hydrogen-bond donors (Lipinski definition) is 1. The Kier molecular flexibility index (Phi) is 2.69. The molecule has 3 nitrogen and oxygen atoms in total. The van der Waals surface area contributed by atoms with Gasteiger partial charge in [0, 0.05) is 11.8 Å². The monoisotopic (exact) mass is 305 g/mol. The molecule has 0 radical (unpaired) electrons. The van der Waals surface area contributed by atoms with Crippen LogP contribution in [0.15, 0.2) is 29.2 Å². The van der Waals surface area contributed by atoms with Crippen molar-refractivity contribution in [1.82, 2.24) is 0 Å². The molecule has 5 rings (SSSR count). The van der Waals surface area contributed by atoms with E-state index in [1.165, 1.54) is 43.9 Å². The summed E-state index contributed by atoms with van der Waals surface area (Å²) in [4.78, 5) is 0.415. The van der Waals surface area contributed by atoms with Gasteiger partial charge in [0.1, 0.15) is 0 Å². The predicted octanol–water partition coefficient (Wildman–Crippen LogP) is 2.64. The van der Waals surface area contributed by atoms with E-state index in [-0.39, 0.29) is 11.0 Å². The third-order valence-electron chi connectivity index (χ3n) is 6.00. The van der Waals surface area contributed by atoms with Gasteiger partial charge in [0.25, 0.3) is 0 Å². The molecule has 2 N–H and O–H groups in total. The maximum atomic E-state index is 11.6. The fraction of sp³-hybridized carbons (Fsp3) is 0.647. The molecule has 4 bridgehead atoms. The minimum atomic E-state index is -3.11. The summed E-state index contributed by atoms with van der Waals surface area (Å²) in [6.07, 6.45) is 8.54. The Bertz CT molecular complexity index is 663. The van der Waals surface area contributed by atoms with Crippen molar-refractivity contribution in [3.63, 3.8) is 0 Å². The van der Waals surface area contributed by atoms with Gasteiger partial charge >= 0.3 is 0 Å². The van der Waals surface area contributed by atoms with Crippen molar-refractivity contribution in [2.75, 3.05) is 6.26 Å². The zero-order chi connectivity index (χ0) is 14.9. The molecule has 21 heavy (non-hydrogen) atoms. The molecule has 0 aromatic heterocycles. The van der Waals surface area contributed by atoms with Gasteiger partial charge in [-0.15, -0.1) is 0 Å². The van der Waals surface area contributed by atoms with Gasteiger partial charge in [0.2, 0.25) is 0 Å². The van der Waals surface area contributed by atoms with E-state index in [4.69, 9.17) is 5.73 Å². The van der Waals surface area contributed by atoms with E-state index in [0.29, 0.717) is 4.90 Å². The second-order valence-corrected chi connectivity index (χ2v) is 9.92. The molecule has 1 aromatic rings. The highest BCUT2D eigenvalue weighted by Gasteiger charge is 2.56. The summed E-state index contributed by atoms with van der Waals surface area (Å²) in [7, 11) is -3.11. The molecule has 4 fully saturated rings. The number of sulfone groups is 1. The Morgan fingerprint density at radius 2 is 1.62 bits per heavy atom. The second-order valence-electron chi connectivity index (χ2n) is 7.90. The highest BCUT2D eigenvalue weighted by Crippen LogP contribution is 2.61. The molecule has 0 heterocycles. The van der Waals surface area contributed by atoms with Crippen LogP contribution in [0.5, 0.6) is 0 Å². The molecule has 0 amide bonds. The van der Waals surface area contributed by atoms with Crippen LogP contribution in [-0.2, 0) is 15.3 Å². The quantitative estimate of drug-likeness (QED) is 0.913. The van der Waals surface area contributed by atoms with E-state index in [0.717, 1.165) is 18.3 Å². The van der Waals surface area contributed by atoms with Crippen LogP contribution in [-0.4, -0.2) is 20.2 Å². The van der Waals surface area contributed by atoms with Crippen LogP contribution in [0.2, 0.25) is 0 Å². The summed E-state index contributed by atoms with van der Waals surface area (Å²) >= 11 is 0. The van der Waals surface area contributed by atoms with Gasteiger partial charge in [-0.05, 0) is 73.5 Å². The van der Waals surface area contributed by atoms with E-state index < -0.39 is 9.84 Å². The summed E-state index contributed by atoms with van der Waals surface area (Å²) in [6.45, 7) is 0. The molecule has 2 atom stereocenters. The maximum Gasteiger partial charge on any atom is 0.175 e. The minimum Gasteiger partial charge on any atom is -0.325 e. The van der Waals surface area contributed by atoms with Crippen molar-refractivity contribution in [1.29, 1.82) is 0 Å². The van der Waals surface area contributed by atoms with Crippen molar-refractivity contribution >= 4 is 9.84 Å². The normalized spacial score (nSPS) is 41.4. The number of hydrogen-bond acceptors (Lipinski definition) is 3. The van der Waals surface area contributed by atoms with Gasteiger partial charge < -0.3 is 5.73 Å². The topological polar surface area (TPSA) is 60.2 Å². The zero-order valence-electron chi connectivity index (χ0n) is 12.5. The van der Waals surface area contributed by atoms with Gasteiger partial charge in [0.15, 0.2) is 9.84 Å². The van der Waals surface area contributed by atoms with E-state index in [1.54, 1.807) is 12.1 Å². The van der Waals surface area contributed by atoms with E-state index in [2.05, 4.69) is 0 Å². The summed E-state index contributed by atoms with van der Waals surface area (Å²) in [5, 5.41) is 0. The third kappa shape index (κ3) is 2.15. The third-order valence-corrected chi connectivity index (χ3v) is 7.13. The zero-order valence-corrected chi connectivity index (χ0v) is 13.3. The smallest absolute Gasteiger partial charge is 0.175 e. The van der Waals surface area contributed by atoms with Crippen LogP contribution in [0.1, 0.15) is 44.1 Å². The van der Waals surface area contributed by atoms with Gasteiger partial charge in [-0.2, -0.15) is 0 Å². The highest BCUT2D eigenvalue weighted by molar-refractivity contribution is 7.90. The molecular weight excluding hydrogens is 282 g/mol.